The topological polar surface area (TPSA) is 80.3 Å². The number of benzene rings is 2. The van der Waals surface area contributed by atoms with Crippen molar-refractivity contribution in [1.29, 1.82) is 0 Å². The number of amides is 2. The zero-order valence-electron chi connectivity index (χ0n) is 21.4. The lowest BCUT2D eigenvalue weighted by molar-refractivity contribution is -0.136. The second-order valence-electron chi connectivity index (χ2n) is 9.06. The summed E-state index contributed by atoms with van der Waals surface area (Å²) in [4.78, 5) is 30.6. The van der Waals surface area contributed by atoms with Gasteiger partial charge in [-0.15, -0.1) is 0 Å². The van der Waals surface area contributed by atoms with Crippen molar-refractivity contribution in [3.63, 3.8) is 0 Å². The molecule has 1 fully saturated rings. The van der Waals surface area contributed by atoms with Gasteiger partial charge in [0.15, 0.2) is 0 Å². The van der Waals surface area contributed by atoms with E-state index in [1.54, 1.807) is 25.3 Å². The van der Waals surface area contributed by atoms with Crippen LogP contribution in [0.2, 0.25) is 0 Å². The number of carbonyl (C=O) groups excluding carboxylic acids is 2. The highest BCUT2D eigenvalue weighted by atomic mass is 16.5. The third-order valence-electron chi connectivity index (χ3n) is 6.39. The van der Waals surface area contributed by atoms with Crippen LogP contribution in [0.25, 0.3) is 0 Å². The second kappa shape index (κ2) is 12.4. The number of nitrogens with zero attached hydrogens (tertiary/aromatic N) is 2. The van der Waals surface area contributed by atoms with Crippen LogP contribution >= 0.6 is 0 Å². The molecule has 8 nitrogen and oxygen atoms in total. The summed E-state index contributed by atoms with van der Waals surface area (Å²) in [5.41, 5.74) is 1.66. The fourth-order valence-electron chi connectivity index (χ4n) is 4.14. The van der Waals surface area contributed by atoms with E-state index in [1.165, 1.54) is 19.8 Å². The smallest absolute Gasteiger partial charge is 0.252 e. The fraction of sp³-hybridized carbons (Fsp3) is 0.481. The van der Waals surface area contributed by atoms with Crippen LogP contribution in [0.3, 0.4) is 0 Å². The molecule has 35 heavy (non-hydrogen) atoms. The Balaban J connectivity index is 1.55. The molecule has 1 atom stereocenters. The van der Waals surface area contributed by atoms with Crippen molar-refractivity contribution in [3.8, 4) is 17.2 Å². The lowest BCUT2D eigenvalue weighted by Gasteiger charge is -2.37. The Labute approximate surface area is 208 Å². The molecular weight excluding hydrogens is 446 g/mol. The first kappa shape index (κ1) is 26.3. The molecule has 8 heteroatoms. The lowest BCUT2D eigenvalue weighted by atomic mass is 10.0. The molecule has 0 aliphatic carbocycles. The lowest BCUT2D eigenvalue weighted by Crippen LogP contribution is -2.56. The summed E-state index contributed by atoms with van der Waals surface area (Å²) in [5.74, 6) is 1.48. The van der Waals surface area contributed by atoms with Crippen molar-refractivity contribution in [1.82, 2.24) is 15.1 Å². The first-order valence-electron chi connectivity index (χ1n) is 12.0. The Morgan fingerprint density at radius 2 is 1.43 bits per heavy atom. The number of methoxy groups -OCH3 is 3. The number of piperazine rings is 1. The van der Waals surface area contributed by atoms with Gasteiger partial charge in [0.05, 0.1) is 21.3 Å². The van der Waals surface area contributed by atoms with E-state index < -0.39 is 6.04 Å². The minimum atomic E-state index is -0.606. The summed E-state index contributed by atoms with van der Waals surface area (Å²) in [7, 11) is 4.74. The number of hydrogen-bond acceptors (Lipinski definition) is 6. The van der Waals surface area contributed by atoms with Crippen molar-refractivity contribution in [3.05, 3.63) is 53.6 Å². The van der Waals surface area contributed by atoms with Gasteiger partial charge in [0.2, 0.25) is 5.91 Å². The maximum absolute atomic E-state index is 13.3. The third-order valence-corrected chi connectivity index (χ3v) is 6.39. The molecule has 0 saturated carbocycles. The van der Waals surface area contributed by atoms with Crippen LogP contribution < -0.4 is 19.5 Å². The maximum atomic E-state index is 13.3. The maximum Gasteiger partial charge on any atom is 0.252 e. The van der Waals surface area contributed by atoms with Crippen LogP contribution in [0.4, 0.5) is 0 Å². The first-order chi connectivity index (χ1) is 16.8. The van der Waals surface area contributed by atoms with Crippen LogP contribution in [0.5, 0.6) is 17.2 Å². The average molecular weight is 484 g/mol. The highest BCUT2D eigenvalue weighted by Gasteiger charge is 2.31. The standard InChI is InChI=1S/C27H37N3O5/c1-19(2)25(28-26(31)21-16-23(34-4)18-24(17-21)35-5)27(32)30-14-12-29(13-15-30)11-10-20-6-8-22(33-3)9-7-20/h6-9,16-19,25H,10-15H2,1-5H3,(H,28,31). The van der Waals surface area contributed by atoms with Gasteiger partial charge < -0.3 is 24.4 Å². The molecule has 1 aliphatic rings. The molecule has 0 radical (unpaired) electrons. The van der Waals surface area contributed by atoms with E-state index in [4.69, 9.17) is 14.2 Å². The van der Waals surface area contributed by atoms with E-state index in [1.807, 2.05) is 30.9 Å². The highest BCUT2D eigenvalue weighted by Crippen LogP contribution is 2.23. The van der Waals surface area contributed by atoms with Crippen LogP contribution in [0.1, 0.15) is 29.8 Å². The largest absolute Gasteiger partial charge is 0.497 e. The second-order valence-corrected chi connectivity index (χ2v) is 9.06. The fourth-order valence-corrected chi connectivity index (χ4v) is 4.14. The van der Waals surface area contributed by atoms with Gasteiger partial charge in [-0.3, -0.25) is 14.5 Å². The molecular formula is C27H37N3O5. The van der Waals surface area contributed by atoms with E-state index in [0.717, 1.165) is 31.8 Å². The summed E-state index contributed by atoms with van der Waals surface area (Å²) in [6.45, 7) is 7.75. The predicted octanol–water partition coefficient (Wildman–Crippen LogP) is 2.85. The summed E-state index contributed by atoms with van der Waals surface area (Å²) in [6, 6.07) is 12.5. The molecule has 0 bridgehead atoms. The molecule has 1 N–H and O–H groups in total. The summed E-state index contributed by atoms with van der Waals surface area (Å²) < 4.78 is 15.7. The Hall–Kier alpha value is -3.26. The van der Waals surface area contributed by atoms with Crippen LogP contribution in [-0.2, 0) is 11.2 Å². The molecule has 0 spiro atoms. The van der Waals surface area contributed by atoms with Crippen LogP contribution in [0.15, 0.2) is 42.5 Å². The molecule has 2 aromatic rings. The summed E-state index contributed by atoms with van der Waals surface area (Å²) >= 11 is 0. The van der Waals surface area contributed by atoms with Gasteiger partial charge in [-0.2, -0.15) is 0 Å². The van der Waals surface area contributed by atoms with E-state index in [9.17, 15) is 9.59 Å². The molecule has 190 valence electrons. The summed E-state index contributed by atoms with van der Waals surface area (Å²) in [5, 5.41) is 2.93. The van der Waals surface area contributed by atoms with Crippen molar-refractivity contribution in [2.75, 3.05) is 54.1 Å². The number of carbonyl (C=O) groups is 2. The molecule has 1 heterocycles. The molecule has 2 aromatic carbocycles. The SMILES string of the molecule is COc1ccc(CCN2CCN(C(=O)C(NC(=O)c3cc(OC)cc(OC)c3)C(C)C)CC2)cc1. The van der Waals surface area contributed by atoms with Gasteiger partial charge in [-0.05, 0) is 42.2 Å². The third kappa shape index (κ3) is 7.11. The van der Waals surface area contributed by atoms with E-state index in [-0.39, 0.29) is 17.7 Å². The van der Waals surface area contributed by atoms with Gasteiger partial charge in [0, 0.05) is 44.4 Å². The van der Waals surface area contributed by atoms with Crippen molar-refractivity contribution in [2.24, 2.45) is 5.92 Å². The quantitative estimate of drug-likeness (QED) is 0.560. The van der Waals surface area contributed by atoms with Crippen molar-refractivity contribution in [2.45, 2.75) is 26.3 Å². The minimum absolute atomic E-state index is 0.0435. The normalized spacial score (nSPS) is 15.0. The highest BCUT2D eigenvalue weighted by molar-refractivity contribution is 5.98. The molecule has 2 amide bonds. The van der Waals surface area contributed by atoms with Gasteiger partial charge in [-0.25, -0.2) is 0 Å². The zero-order chi connectivity index (χ0) is 25.4. The van der Waals surface area contributed by atoms with Crippen LogP contribution in [0, 0.1) is 5.92 Å². The van der Waals surface area contributed by atoms with E-state index in [0.29, 0.717) is 30.2 Å². The monoisotopic (exact) mass is 483 g/mol. The molecule has 1 saturated heterocycles. The predicted molar refractivity (Wildman–Crippen MR) is 135 cm³/mol. The number of rotatable bonds is 10. The molecule has 1 aliphatic heterocycles. The van der Waals surface area contributed by atoms with Gasteiger partial charge in [-0.1, -0.05) is 26.0 Å². The van der Waals surface area contributed by atoms with Crippen molar-refractivity contribution >= 4 is 11.8 Å². The number of hydrogen-bond donors (Lipinski definition) is 1. The van der Waals surface area contributed by atoms with Crippen LogP contribution in [-0.4, -0.2) is 81.7 Å². The summed E-state index contributed by atoms with van der Waals surface area (Å²) in [6.07, 6.45) is 0.951. The molecule has 0 aromatic heterocycles. The van der Waals surface area contributed by atoms with Crippen molar-refractivity contribution < 1.29 is 23.8 Å². The Morgan fingerprint density at radius 3 is 1.94 bits per heavy atom. The average Bonchev–Trinajstić information content (AvgIpc) is 2.90. The van der Waals surface area contributed by atoms with E-state index in [2.05, 4.69) is 22.3 Å². The Kier molecular flexibility index (Phi) is 9.37. The van der Waals surface area contributed by atoms with Gasteiger partial charge >= 0.3 is 0 Å². The Bertz CT molecular complexity index is 963. The first-order valence-corrected chi connectivity index (χ1v) is 12.0. The zero-order valence-corrected chi connectivity index (χ0v) is 21.4. The minimum Gasteiger partial charge on any atom is -0.497 e. The Morgan fingerprint density at radius 1 is 0.857 bits per heavy atom. The van der Waals surface area contributed by atoms with Gasteiger partial charge in [0.1, 0.15) is 23.3 Å². The van der Waals surface area contributed by atoms with E-state index >= 15 is 0 Å². The number of nitrogens with one attached hydrogen (secondary N) is 1. The molecule has 3 rings (SSSR count). The number of ether oxygens (including phenoxy) is 3. The molecule has 1 unspecified atom stereocenters. The van der Waals surface area contributed by atoms with Gasteiger partial charge in [0.25, 0.3) is 5.91 Å².